The van der Waals surface area contributed by atoms with Gasteiger partial charge in [0.1, 0.15) is 11.8 Å². The molecule has 0 saturated carbocycles. The highest BCUT2D eigenvalue weighted by molar-refractivity contribution is 6.14. The second-order valence-corrected chi connectivity index (χ2v) is 2.99. The molecule has 2 rings (SSSR count). The summed E-state index contributed by atoms with van der Waals surface area (Å²) >= 11 is 0. The van der Waals surface area contributed by atoms with Crippen LogP contribution in [0, 0.1) is 11.3 Å². The molecule has 0 spiro atoms. The summed E-state index contributed by atoms with van der Waals surface area (Å²) in [6.07, 6.45) is 1.43. The van der Waals surface area contributed by atoms with E-state index in [-0.39, 0.29) is 0 Å². The van der Waals surface area contributed by atoms with Crippen LogP contribution in [-0.2, 0) is 11.3 Å². The third-order valence-corrected chi connectivity index (χ3v) is 2.14. The molecule has 74 valence electrons. The van der Waals surface area contributed by atoms with Gasteiger partial charge in [-0.05, 0) is 6.07 Å². The van der Waals surface area contributed by atoms with Gasteiger partial charge >= 0.3 is 5.97 Å². The van der Waals surface area contributed by atoms with Crippen molar-refractivity contribution in [2.45, 2.75) is 6.54 Å². The van der Waals surface area contributed by atoms with Crippen LogP contribution >= 0.6 is 0 Å². The zero-order valence-electron chi connectivity index (χ0n) is 8.02. The van der Waals surface area contributed by atoms with Crippen LogP contribution in [-0.4, -0.2) is 23.8 Å². The number of methoxy groups -OCH3 is 1. The van der Waals surface area contributed by atoms with Gasteiger partial charge in [0.2, 0.25) is 0 Å². The molecule has 0 fully saturated rings. The summed E-state index contributed by atoms with van der Waals surface area (Å²) in [6, 6.07) is 3.55. The maximum Gasteiger partial charge on any atom is 0.339 e. The van der Waals surface area contributed by atoms with Gasteiger partial charge in [0.15, 0.2) is 0 Å². The van der Waals surface area contributed by atoms with Gasteiger partial charge < -0.3 is 4.74 Å². The lowest BCUT2D eigenvalue weighted by Crippen LogP contribution is -2.05. The molecular weight excluding hydrogens is 194 g/mol. The average molecular weight is 201 g/mol. The maximum atomic E-state index is 11.2. The second kappa shape index (κ2) is 3.50. The molecule has 1 aliphatic heterocycles. The molecule has 0 amide bonds. The van der Waals surface area contributed by atoms with Crippen LogP contribution in [0.5, 0.6) is 0 Å². The normalized spacial score (nSPS) is 12.7. The van der Waals surface area contributed by atoms with Gasteiger partial charge in [0.25, 0.3) is 0 Å². The largest absolute Gasteiger partial charge is 0.465 e. The molecule has 5 nitrogen and oxygen atoms in total. The SMILES string of the molecule is COC(=O)c1cnc2c(c1)C(C#N)=NC2. The van der Waals surface area contributed by atoms with E-state index in [1.807, 2.05) is 6.07 Å². The summed E-state index contributed by atoms with van der Waals surface area (Å²) in [5.41, 5.74) is 2.00. The van der Waals surface area contributed by atoms with Crippen molar-refractivity contribution in [3.8, 4) is 6.07 Å². The average Bonchev–Trinajstić information content (AvgIpc) is 2.69. The number of pyridine rings is 1. The maximum absolute atomic E-state index is 11.2. The lowest BCUT2D eigenvalue weighted by molar-refractivity contribution is 0.0600. The van der Waals surface area contributed by atoms with Crippen molar-refractivity contribution in [2.75, 3.05) is 7.11 Å². The zero-order chi connectivity index (χ0) is 10.8. The smallest absolute Gasteiger partial charge is 0.339 e. The molecule has 5 heteroatoms. The molecule has 0 aliphatic carbocycles. The highest BCUT2D eigenvalue weighted by Gasteiger charge is 2.19. The second-order valence-electron chi connectivity index (χ2n) is 2.99. The van der Waals surface area contributed by atoms with E-state index in [1.54, 1.807) is 6.07 Å². The fraction of sp³-hybridized carbons (Fsp3) is 0.200. The summed E-state index contributed by atoms with van der Waals surface area (Å²) in [5.74, 6) is -0.463. The Morgan fingerprint density at radius 2 is 2.47 bits per heavy atom. The van der Waals surface area contributed by atoms with Gasteiger partial charge in [0.05, 0.1) is 24.9 Å². The lowest BCUT2D eigenvalue weighted by atomic mass is 10.1. The number of nitrogens with zero attached hydrogens (tertiary/aromatic N) is 3. The Morgan fingerprint density at radius 1 is 1.67 bits per heavy atom. The van der Waals surface area contributed by atoms with Crippen molar-refractivity contribution in [3.63, 3.8) is 0 Å². The van der Waals surface area contributed by atoms with Gasteiger partial charge in [-0.2, -0.15) is 5.26 Å². The summed E-state index contributed by atoms with van der Waals surface area (Å²) in [6.45, 7) is 0.402. The predicted molar refractivity (Wildman–Crippen MR) is 51.4 cm³/mol. The minimum atomic E-state index is -0.463. The van der Waals surface area contributed by atoms with Crippen LogP contribution < -0.4 is 0 Å². The van der Waals surface area contributed by atoms with E-state index >= 15 is 0 Å². The van der Waals surface area contributed by atoms with Crippen molar-refractivity contribution in [1.82, 2.24) is 4.98 Å². The summed E-state index contributed by atoms with van der Waals surface area (Å²) in [7, 11) is 1.30. The van der Waals surface area contributed by atoms with E-state index in [9.17, 15) is 4.79 Å². The molecule has 0 bridgehead atoms. The molecule has 0 radical (unpaired) electrons. The zero-order valence-corrected chi connectivity index (χ0v) is 8.02. The van der Waals surface area contributed by atoms with E-state index in [0.717, 1.165) is 5.69 Å². The third kappa shape index (κ3) is 1.46. The highest BCUT2D eigenvalue weighted by Crippen LogP contribution is 2.17. The first-order valence-corrected chi connectivity index (χ1v) is 4.28. The number of carbonyl (C=O) groups is 1. The predicted octanol–water partition coefficient (Wildman–Crippen LogP) is 0.694. The van der Waals surface area contributed by atoms with E-state index in [1.165, 1.54) is 13.3 Å². The fourth-order valence-corrected chi connectivity index (χ4v) is 1.39. The lowest BCUT2D eigenvalue weighted by Gasteiger charge is -2.01. The number of aliphatic imine (C=N–C) groups is 1. The standard InChI is InChI=1S/C10H7N3O2/c1-15-10(14)6-2-7-8(3-11)13-5-9(7)12-4-6/h2,4H,5H2,1H3. The monoisotopic (exact) mass is 201 g/mol. The van der Waals surface area contributed by atoms with Crippen LogP contribution in [0.1, 0.15) is 21.6 Å². The van der Waals surface area contributed by atoms with Gasteiger partial charge in [-0.1, -0.05) is 0 Å². The minimum Gasteiger partial charge on any atom is -0.465 e. The third-order valence-electron chi connectivity index (χ3n) is 2.14. The number of fused-ring (bicyclic) bond motifs is 1. The van der Waals surface area contributed by atoms with E-state index in [0.29, 0.717) is 23.4 Å². The Labute approximate surface area is 86.0 Å². The first-order chi connectivity index (χ1) is 7.26. The van der Waals surface area contributed by atoms with Gasteiger partial charge in [0, 0.05) is 11.8 Å². The summed E-state index contributed by atoms with van der Waals surface area (Å²) in [5, 5.41) is 8.77. The molecule has 1 aliphatic rings. The molecular formula is C10H7N3O2. The molecule has 15 heavy (non-hydrogen) atoms. The number of esters is 1. The molecule has 0 aromatic carbocycles. The van der Waals surface area contributed by atoms with Crippen LogP contribution in [0.15, 0.2) is 17.3 Å². The molecule has 1 aromatic heterocycles. The Hall–Kier alpha value is -2.22. The fourth-order valence-electron chi connectivity index (χ4n) is 1.39. The van der Waals surface area contributed by atoms with E-state index in [4.69, 9.17) is 5.26 Å². The van der Waals surface area contributed by atoms with Gasteiger partial charge in [-0.25, -0.2) is 4.79 Å². The van der Waals surface area contributed by atoms with Crippen molar-refractivity contribution in [3.05, 3.63) is 29.1 Å². The Bertz CT molecular complexity index is 500. The van der Waals surface area contributed by atoms with Crippen LogP contribution in [0.3, 0.4) is 0 Å². The molecule has 0 atom stereocenters. The van der Waals surface area contributed by atoms with Crippen molar-refractivity contribution in [1.29, 1.82) is 5.26 Å². The number of ether oxygens (including phenoxy) is 1. The quantitative estimate of drug-likeness (QED) is 0.626. The summed E-state index contributed by atoms with van der Waals surface area (Å²) in [4.78, 5) is 19.3. The molecule has 0 N–H and O–H groups in total. The topological polar surface area (TPSA) is 75.3 Å². The van der Waals surface area contributed by atoms with E-state index in [2.05, 4.69) is 14.7 Å². The molecule has 1 aromatic rings. The molecule has 0 unspecified atom stereocenters. The highest BCUT2D eigenvalue weighted by atomic mass is 16.5. The number of nitriles is 1. The van der Waals surface area contributed by atoms with Gasteiger partial charge in [-0.15, -0.1) is 0 Å². The first-order valence-electron chi connectivity index (χ1n) is 4.28. The number of rotatable bonds is 1. The van der Waals surface area contributed by atoms with Crippen molar-refractivity contribution < 1.29 is 9.53 Å². The van der Waals surface area contributed by atoms with Gasteiger partial charge in [-0.3, -0.25) is 9.98 Å². The molecule has 2 heterocycles. The van der Waals surface area contributed by atoms with Crippen LogP contribution in [0.25, 0.3) is 0 Å². The number of hydrogen-bond donors (Lipinski definition) is 0. The van der Waals surface area contributed by atoms with Crippen molar-refractivity contribution in [2.24, 2.45) is 4.99 Å². The summed E-state index contributed by atoms with van der Waals surface area (Å²) < 4.78 is 4.56. The number of carbonyl (C=O) groups excluding carboxylic acids is 1. The van der Waals surface area contributed by atoms with Crippen LogP contribution in [0.2, 0.25) is 0 Å². The minimum absolute atomic E-state index is 0.322. The first kappa shape index (κ1) is 9.34. The van der Waals surface area contributed by atoms with E-state index < -0.39 is 5.97 Å². The Balaban J connectivity index is 2.47. The van der Waals surface area contributed by atoms with Crippen molar-refractivity contribution >= 4 is 11.7 Å². The molecule has 0 saturated heterocycles. The number of hydrogen-bond acceptors (Lipinski definition) is 5. The van der Waals surface area contributed by atoms with Crippen LogP contribution in [0.4, 0.5) is 0 Å². The Kier molecular flexibility index (Phi) is 2.18. The number of aromatic nitrogens is 1. The Morgan fingerprint density at radius 3 is 3.13 bits per heavy atom.